The van der Waals surface area contributed by atoms with Crippen LogP contribution in [0.2, 0.25) is 5.02 Å². The minimum absolute atomic E-state index is 0.0150. The number of aromatic hydroxyl groups is 1. The lowest BCUT2D eigenvalue weighted by atomic mass is 10.3. The standard InChI is InChI=1S/C9H6Br3ClO2/c10-6-3-5(4-7(13)9(6)14)15-2-1-8(11)12/h1,3-4,14H,2H2. The van der Waals surface area contributed by atoms with Crippen molar-refractivity contribution in [2.24, 2.45) is 0 Å². The summed E-state index contributed by atoms with van der Waals surface area (Å²) in [5.41, 5.74) is 0. The number of ether oxygens (including phenoxy) is 1. The Morgan fingerprint density at radius 1 is 1.47 bits per heavy atom. The van der Waals surface area contributed by atoms with Gasteiger partial charge in [-0.3, -0.25) is 0 Å². The van der Waals surface area contributed by atoms with E-state index >= 15 is 0 Å². The van der Waals surface area contributed by atoms with Gasteiger partial charge < -0.3 is 9.84 Å². The first-order valence-electron chi connectivity index (χ1n) is 3.82. The first-order valence-corrected chi connectivity index (χ1v) is 6.58. The van der Waals surface area contributed by atoms with Gasteiger partial charge >= 0.3 is 0 Å². The molecule has 2 nitrogen and oxygen atoms in total. The number of phenols is 1. The molecule has 0 aliphatic rings. The van der Waals surface area contributed by atoms with E-state index in [1.165, 1.54) is 0 Å². The average Bonchev–Trinajstić information content (AvgIpc) is 2.13. The fourth-order valence-corrected chi connectivity index (χ4v) is 1.85. The number of rotatable bonds is 3. The second-order valence-electron chi connectivity index (χ2n) is 2.54. The number of hydrogen-bond donors (Lipinski definition) is 1. The van der Waals surface area contributed by atoms with Crippen molar-refractivity contribution in [2.75, 3.05) is 6.61 Å². The van der Waals surface area contributed by atoms with Crippen molar-refractivity contribution >= 4 is 59.4 Å². The van der Waals surface area contributed by atoms with E-state index in [1.54, 1.807) is 18.2 Å². The predicted octanol–water partition coefficient (Wildman–Crippen LogP) is 4.82. The predicted molar refractivity (Wildman–Crippen MR) is 72.2 cm³/mol. The molecule has 0 heterocycles. The van der Waals surface area contributed by atoms with Crippen molar-refractivity contribution in [3.8, 4) is 11.5 Å². The largest absolute Gasteiger partial charge is 0.505 e. The van der Waals surface area contributed by atoms with Crippen molar-refractivity contribution < 1.29 is 9.84 Å². The Morgan fingerprint density at radius 2 is 2.13 bits per heavy atom. The van der Waals surface area contributed by atoms with Crippen molar-refractivity contribution in [1.82, 2.24) is 0 Å². The van der Waals surface area contributed by atoms with E-state index < -0.39 is 0 Å². The second kappa shape index (κ2) is 6.13. The molecule has 0 aliphatic carbocycles. The van der Waals surface area contributed by atoms with E-state index in [0.717, 1.165) is 3.39 Å². The molecule has 0 saturated heterocycles. The summed E-state index contributed by atoms with van der Waals surface area (Å²) in [7, 11) is 0. The van der Waals surface area contributed by atoms with Crippen LogP contribution in [-0.2, 0) is 0 Å². The number of halogens is 4. The zero-order chi connectivity index (χ0) is 11.4. The second-order valence-corrected chi connectivity index (χ2v) is 6.57. The van der Waals surface area contributed by atoms with Gasteiger partial charge in [0, 0.05) is 6.07 Å². The van der Waals surface area contributed by atoms with Crippen LogP contribution in [0.3, 0.4) is 0 Å². The Kier molecular flexibility index (Phi) is 5.46. The first kappa shape index (κ1) is 13.4. The Hall–Kier alpha value is 0.290. The highest BCUT2D eigenvalue weighted by Gasteiger charge is 2.06. The fraction of sp³-hybridized carbons (Fsp3) is 0.111. The van der Waals surface area contributed by atoms with Crippen molar-refractivity contribution in [2.45, 2.75) is 0 Å². The molecule has 0 bridgehead atoms. The molecule has 1 aromatic rings. The van der Waals surface area contributed by atoms with Crippen LogP contribution in [-0.4, -0.2) is 11.7 Å². The third-order valence-electron chi connectivity index (χ3n) is 1.48. The molecule has 82 valence electrons. The van der Waals surface area contributed by atoms with Crippen LogP contribution in [0.25, 0.3) is 0 Å². The zero-order valence-electron chi connectivity index (χ0n) is 7.31. The maximum atomic E-state index is 9.38. The molecule has 0 aliphatic heterocycles. The summed E-state index contributed by atoms with van der Waals surface area (Å²) in [6.07, 6.45) is 1.80. The van der Waals surface area contributed by atoms with E-state index in [4.69, 9.17) is 16.3 Å². The molecule has 0 radical (unpaired) electrons. The van der Waals surface area contributed by atoms with E-state index in [1.807, 2.05) is 0 Å². The average molecular weight is 421 g/mol. The van der Waals surface area contributed by atoms with E-state index in [0.29, 0.717) is 16.8 Å². The molecule has 6 heteroatoms. The van der Waals surface area contributed by atoms with Gasteiger partial charge in [0.15, 0.2) is 0 Å². The summed E-state index contributed by atoms with van der Waals surface area (Å²) in [6.45, 7) is 0.402. The highest BCUT2D eigenvalue weighted by molar-refractivity contribution is 9.28. The van der Waals surface area contributed by atoms with Gasteiger partial charge in [-0.2, -0.15) is 0 Å². The zero-order valence-corrected chi connectivity index (χ0v) is 12.8. The molecule has 1 aromatic carbocycles. The highest BCUT2D eigenvalue weighted by Crippen LogP contribution is 2.35. The third kappa shape index (κ3) is 4.34. The molecule has 0 aromatic heterocycles. The first-order chi connectivity index (χ1) is 7.00. The minimum atomic E-state index is 0.0150. The van der Waals surface area contributed by atoms with Gasteiger partial charge in [-0.05, 0) is 59.9 Å². The summed E-state index contributed by atoms with van der Waals surface area (Å²) in [5.74, 6) is 0.600. The van der Waals surface area contributed by atoms with Gasteiger partial charge in [-0.1, -0.05) is 11.6 Å². The maximum Gasteiger partial charge on any atom is 0.148 e. The normalized spacial score (nSPS) is 9.87. The van der Waals surface area contributed by atoms with Gasteiger partial charge in [0.1, 0.15) is 18.1 Å². The van der Waals surface area contributed by atoms with Gasteiger partial charge in [-0.25, -0.2) is 0 Å². The molecule has 1 rings (SSSR count). The lowest BCUT2D eigenvalue weighted by molar-refractivity contribution is 0.361. The molecule has 0 atom stereocenters. The molecular formula is C9H6Br3ClO2. The lowest BCUT2D eigenvalue weighted by Crippen LogP contribution is -1.93. The molecular weight excluding hydrogens is 415 g/mol. The highest BCUT2D eigenvalue weighted by atomic mass is 79.9. The van der Waals surface area contributed by atoms with Crippen LogP contribution in [0.4, 0.5) is 0 Å². The molecule has 0 amide bonds. The SMILES string of the molecule is Oc1c(Cl)cc(OCC=C(Br)Br)cc1Br. The van der Waals surface area contributed by atoms with Crippen molar-refractivity contribution in [1.29, 1.82) is 0 Å². The summed E-state index contributed by atoms with van der Waals surface area (Å²) in [5, 5.41) is 9.63. The molecule has 1 N–H and O–H groups in total. The van der Waals surface area contributed by atoms with Crippen LogP contribution in [0.15, 0.2) is 26.1 Å². The van der Waals surface area contributed by atoms with Gasteiger partial charge in [0.25, 0.3) is 0 Å². The monoisotopic (exact) mass is 418 g/mol. The van der Waals surface area contributed by atoms with Crippen LogP contribution in [0.5, 0.6) is 11.5 Å². The lowest BCUT2D eigenvalue weighted by Gasteiger charge is -2.06. The molecule has 0 spiro atoms. The van der Waals surface area contributed by atoms with Crippen LogP contribution < -0.4 is 4.74 Å². The smallest absolute Gasteiger partial charge is 0.148 e. The Balaban J connectivity index is 2.75. The molecule has 0 unspecified atom stereocenters. The van der Waals surface area contributed by atoms with Crippen LogP contribution >= 0.6 is 59.4 Å². The number of benzene rings is 1. The number of phenolic OH excluding ortho intramolecular Hbond substituents is 1. The quantitative estimate of drug-likeness (QED) is 0.759. The topological polar surface area (TPSA) is 29.5 Å². The summed E-state index contributed by atoms with van der Waals surface area (Å²) in [4.78, 5) is 0. The van der Waals surface area contributed by atoms with Crippen LogP contribution in [0, 0.1) is 0 Å². The van der Waals surface area contributed by atoms with Crippen LogP contribution in [0.1, 0.15) is 0 Å². The maximum absolute atomic E-state index is 9.38. The Morgan fingerprint density at radius 3 is 2.67 bits per heavy atom. The summed E-state index contributed by atoms with van der Waals surface area (Å²) in [6, 6.07) is 3.20. The van der Waals surface area contributed by atoms with E-state index in [2.05, 4.69) is 47.8 Å². The molecule has 15 heavy (non-hydrogen) atoms. The summed E-state index contributed by atoms with van der Waals surface area (Å²) >= 11 is 15.4. The van der Waals surface area contributed by atoms with Gasteiger partial charge in [0.05, 0.1) is 12.9 Å². The molecule has 0 saturated carbocycles. The minimum Gasteiger partial charge on any atom is -0.505 e. The fourth-order valence-electron chi connectivity index (χ4n) is 0.826. The van der Waals surface area contributed by atoms with E-state index in [9.17, 15) is 5.11 Å². The van der Waals surface area contributed by atoms with Crippen molar-refractivity contribution in [3.63, 3.8) is 0 Å². The third-order valence-corrected chi connectivity index (χ3v) is 3.02. The Labute approximate surface area is 118 Å². The van der Waals surface area contributed by atoms with Gasteiger partial charge in [-0.15, -0.1) is 0 Å². The van der Waals surface area contributed by atoms with Crippen molar-refractivity contribution in [3.05, 3.63) is 31.1 Å². The number of hydrogen-bond acceptors (Lipinski definition) is 2. The molecule has 0 fully saturated rings. The van der Waals surface area contributed by atoms with E-state index in [-0.39, 0.29) is 10.8 Å². The summed E-state index contributed by atoms with van der Waals surface area (Å²) < 4.78 is 6.70. The Bertz CT molecular complexity index is 366. The van der Waals surface area contributed by atoms with Gasteiger partial charge in [0.2, 0.25) is 0 Å².